The maximum Gasteiger partial charge on any atom is 0.417 e. The lowest BCUT2D eigenvalue weighted by molar-refractivity contribution is -0.139. The van der Waals surface area contributed by atoms with Crippen molar-refractivity contribution in [2.24, 2.45) is 0 Å². The van der Waals surface area contributed by atoms with Crippen molar-refractivity contribution in [3.63, 3.8) is 0 Å². The number of rotatable bonds is 4. The Bertz CT molecular complexity index is 657. The molecule has 1 aliphatic heterocycles. The van der Waals surface area contributed by atoms with E-state index in [0.29, 0.717) is 13.2 Å². The predicted octanol–water partition coefficient (Wildman–Crippen LogP) is 4.53. The summed E-state index contributed by atoms with van der Waals surface area (Å²) in [5.74, 6) is 0. The Hall–Kier alpha value is -1.50. The van der Waals surface area contributed by atoms with Crippen LogP contribution in [0.5, 0.6) is 0 Å². The van der Waals surface area contributed by atoms with Gasteiger partial charge in [0.2, 0.25) is 0 Å². The first-order valence-corrected chi connectivity index (χ1v) is 8.64. The van der Waals surface area contributed by atoms with Crippen LogP contribution >= 0.6 is 11.8 Å². The van der Waals surface area contributed by atoms with Crippen molar-refractivity contribution >= 4 is 11.8 Å². The molecule has 6 heteroatoms. The van der Waals surface area contributed by atoms with Crippen LogP contribution in [0.25, 0.3) is 0 Å². The van der Waals surface area contributed by atoms with Gasteiger partial charge in [0.1, 0.15) is 0 Å². The summed E-state index contributed by atoms with van der Waals surface area (Å²) in [4.78, 5) is 0.230. The molecule has 0 radical (unpaired) electrons. The highest BCUT2D eigenvalue weighted by molar-refractivity contribution is 7.99. The molecule has 2 atom stereocenters. The fourth-order valence-electron chi connectivity index (χ4n) is 2.72. The Labute approximate surface area is 143 Å². The van der Waals surface area contributed by atoms with E-state index in [0.717, 1.165) is 18.2 Å². The molecular formula is C18H18F3NOS. The first kappa shape index (κ1) is 17.3. The van der Waals surface area contributed by atoms with Gasteiger partial charge in [0.05, 0.1) is 23.5 Å². The van der Waals surface area contributed by atoms with E-state index in [4.69, 9.17) is 4.74 Å². The molecule has 128 valence electrons. The van der Waals surface area contributed by atoms with Crippen molar-refractivity contribution in [1.82, 2.24) is 5.32 Å². The van der Waals surface area contributed by atoms with Gasteiger partial charge in [-0.1, -0.05) is 42.5 Å². The van der Waals surface area contributed by atoms with Crippen molar-refractivity contribution in [1.29, 1.82) is 0 Å². The second-order valence-electron chi connectivity index (χ2n) is 5.56. The van der Waals surface area contributed by atoms with Gasteiger partial charge in [0.15, 0.2) is 0 Å². The van der Waals surface area contributed by atoms with Gasteiger partial charge in [-0.3, -0.25) is 0 Å². The van der Waals surface area contributed by atoms with Gasteiger partial charge in [0.25, 0.3) is 0 Å². The molecule has 0 spiro atoms. The number of nitrogens with one attached hydrogen (secondary N) is 1. The Morgan fingerprint density at radius 3 is 2.42 bits per heavy atom. The third-order valence-electron chi connectivity index (χ3n) is 3.87. The van der Waals surface area contributed by atoms with E-state index in [2.05, 4.69) is 5.32 Å². The normalized spacial score (nSPS) is 19.9. The van der Waals surface area contributed by atoms with Gasteiger partial charge in [-0.05, 0) is 17.7 Å². The molecule has 0 aromatic heterocycles. The standard InChI is InChI=1S/C18H18F3NOS/c19-18(20,21)14-8-4-5-9-16(14)24-17(13-6-2-1-3-7-13)15-12-22-10-11-23-15/h1-9,15,17,22H,10-12H2/t15-,17?/m0/s1. The second kappa shape index (κ2) is 7.59. The first-order valence-electron chi connectivity index (χ1n) is 7.76. The van der Waals surface area contributed by atoms with Crippen molar-refractivity contribution in [3.8, 4) is 0 Å². The lowest BCUT2D eigenvalue weighted by Crippen LogP contribution is -2.41. The third-order valence-corrected chi connectivity index (χ3v) is 5.31. The molecule has 1 saturated heterocycles. The van der Waals surface area contributed by atoms with Crippen LogP contribution in [0.15, 0.2) is 59.5 Å². The van der Waals surface area contributed by atoms with Gasteiger partial charge in [-0.15, -0.1) is 11.8 Å². The molecule has 0 amide bonds. The minimum atomic E-state index is -4.36. The summed E-state index contributed by atoms with van der Waals surface area (Å²) in [5, 5.41) is 3.05. The van der Waals surface area contributed by atoms with Crippen molar-refractivity contribution < 1.29 is 17.9 Å². The summed E-state index contributed by atoms with van der Waals surface area (Å²) in [6.45, 7) is 1.96. The Balaban J connectivity index is 1.93. The quantitative estimate of drug-likeness (QED) is 0.816. The van der Waals surface area contributed by atoms with E-state index in [9.17, 15) is 13.2 Å². The topological polar surface area (TPSA) is 21.3 Å². The van der Waals surface area contributed by atoms with Gasteiger partial charge >= 0.3 is 6.18 Å². The van der Waals surface area contributed by atoms with Crippen LogP contribution in [0.4, 0.5) is 13.2 Å². The maximum atomic E-state index is 13.3. The average Bonchev–Trinajstić information content (AvgIpc) is 2.61. The number of halogens is 3. The van der Waals surface area contributed by atoms with E-state index in [1.165, 1.54) is 23.9 Å². The fourth-order valence-corrected chi connectivity index (χ4v) is 4.08. The molecule has 1 unspecified atom stereocenters. The number of thioether (sulfide) groups is 1. The van der Waals surface area contributed by atoms with Crippen LogP contribution in [0, 0.1) is 0 Å². The molecule has 1 heterocycles. The summed E-state index contributed by atoms with van der Waals surface area (Å²) >= 11 is 1.22. The SMILES string of the molecule is FC(F)(F)c1ccccc1SC(c1ccccc1)[C@@H]1CNCCO1. The molecule has 2 aromatic rings. The van der Waals surface area contributed by atoms with E-state index < -0.39 is 11.7 Å². The molecule has 1 N–H and O–H groups in total. The van der Waals surface area contributed by atoms with Gasteiger partial charge < -0.3 is 10.1 Å². The van der Waals surface area contributed by atoms with E-state index >= 15 is 0 Å². The zero-order valence-electron chi connectivity index (χ0n) is 12.9. The number of benzene rings is 2. The summed E-state index contributed by atoms with van der Waals surface area (Å²) in [7, 11) is 0. The van der Waals surface area contributed by atoms with Crippen LogP contribution in [0.2, 0.25) is 0 Å². The molecule has 24 heavy (non-hydrogen) atoms. The molecule has 0 bridgehead atoms. The van der Waals surface area contributed by atoms with Crippen LogP contribution < -0.4 is 5.32 Å². The van der Waals surface area contributed by atoms with Crippen molar-refractivity contribution in [3.05, 3.63) is 65.7 Å². The molecule has 2 nitrogen and oxygen atoms in total. The number of hydrogen-bond acceptors (Lipinski definition) is 3. The Morgan fingerprint density at radius 2 is 1.75 bits per heavy atom. The zero-order chi connectivity index (χ0) is 17.0. The van der Waals surface area contributed by atoms with Crippen LogP contribution in [0.3, 0.4) is 0 Å². The molecule has 0 aliphatic carbocycles. The molecule has 1 fully saturated rings. The minimum absolute atomic E-state index is 0.174. The number of morpholine rings is 1. The summed E-state index contributed by atoms with van der Waals surface area (Å²) in [5.41, 5.74) is 0.368. The van der Waals surface area contributed by atoms with Gasteiger partial charge in [-0.2, -0.15) is 13.2 Å². The van der Waals surface area contributed by atoms with Gasteiger partial charge in [0, 0.05) is 18.0 Å². The Kier molecular flexibility index (Phi) is 5.48. The lowest BCUT2D eigenvalue weighted by Gasteiger charge is -2.31. The predicted molar refractivity (Wildman–Crippen MR) is 89.1 cm³/mol. The molecule has 1 aliphatic rings. The highest BCUT2D eigenvalue weighted by atomic mass is 32.2. The summed E-state index contributed by atoms with van der Waals surface area (Å²) in [6.07, 6.45) is -4.54. The molecule has 2 aromatic carbocycles. The van der Waals surface area contributed by atoms with Crippen molar-refractivity contribution in [2.45, 2.75) is 22.4 Å². The average molecular weight is 353 g/mol. The monoisotopic (exact) mass is 353 g/mol. The van der Waals surface area contributed by atoms with Gasteiger partial charge in [-0.25, -0.2) is 0 Å². The number of alkyl halides is 3. The smallest absolute Gasteiger partial charge is 0.374 e. The second-order valence-corrected chi connectivity index (χ2v) is 6.74. The third kappa shape index (κ3) is 4.12. The van der Waals surface area contributed by atoms with Crippen molar-refractivity contribution in [2.75, 3.05) is 19.7 Å². The minimum Gasteiger partial charge on any atom is -0.374 e. The highest BCUT2D eigenvalue weighted by Crippen LogP contribution is 2.44. The van der Waals surface area contributed by atoms with E-state index in [1.54, 1.807) is 6.07 Å². The molecule has 0 saturated carbocycles. The zero-order valence-corrected chi connectivity index (χ0v) is 13.7. The highest BCUT2D eigenvalue weighted by Gasteiger charge is 2.35. The van der Waals surface area contributed by atoms with Crippen LogP contribution in [0.1, 0.15) is 16.4 Å². The van der Waals surface area contributed by atoms with E-state index in [1.807, 2.05) is 30.3 Å². The van der Waals surface area contributed by atoms with Crippen LogP contribution in [-0.4, -0.2) is 25.8 Å². The molecular weight excluding hydrogens is 335 g/mol. The Morgan fingerprint density at radius 1 is 1.04 bits per heavy atom. The fraction of sp³-hybridized carbons (Fsp3) is 0.333. The lowest BCUT2D eigenvalue weighted by atomic mass is 10.1. The molecule has 3 rings (SSSR count). The maximum absolute atomic E-state index is 13.3. The van der Waals surface area contributed by atoms with Crippen LogP contribution in [-0.2, 0) is 10.9 Å². The largest absolute Gasteiger partial charge is 0.417 e. The van der Waals surface area contributed by atoms with E-state index in [-0.39, 0.29) is 16.2 Å². The number of hydrogen-bond donors (Lipinski definition) is 1. The first-order chi connectivity index (χ1) is 11.6. The summed E-state index contributed by atoms with van der Waals surface area (Å²) in [6, 6.07) is 15.3. The number of ether oxygens (including phenoxy) is 1. The summed E-state index contributed by atoms with van der Waals surface area (Å²) < 4.78 is 45.7.